The molecule has 6 nitrogen and oxygen atoms in total. The normalized spacial score (nSPS) is 15.4. The predicted molar refractivity (Wildman–Crippen MR) is 93.9 cm³/mol. The second-order valence-electron chi connectivity index (χ2n) is 6.55. The van der Waals surface area contributed by atoms with E-state index in [9.17, 15) is 14.9 Å². The summed E-state index contributed by atoms with van der Waals surface area (Å²) in [7, 11) is 2.14. The number of hydrogen-bond acceptors (Lipinski definition) is 4. The van der Waals surface area contributed by atoms with Crippen LogP contribution in [0.3, 0.4) is 0 Å². The van der Waals surface area contributed by atoms with Crippen molar-refractivity contribution >= 4 is 11.6 Å². The van der Waals surface area contributed by atoms with Crippen molar-refractivity contribution < 1.29 is 9.72 Å². The largest absolute Gasteiger partial charge is 0.355 e. The van der Waals surface area contributed by atoms with Crippen LogP contribution in [0.15, 0.2) is 24.3 Å². The number of benzene rings is 1. The maximum absolute atomic E-state index is 11.9. The van der Waals surface area contributed by atoms with Crippen LogP contribution in [0.1, 0.15) is 44.1 Å². The van der Waals surface area contributed by atoms with E-state index in [0.29, 0.717) is 25.4 Å². The van der Waals surface area contributed by atoms with E-state index in [1.54, 1.807) is 12.1 Å². The van der Waals surface area contributed by atoms with Crippen LogP contribution >= 0.6 is 0 Å². The number of carbonyl (C=O) groups excluding carboxylic acids is 1. The lowest BCUT2D eigenvalue weighted by Crippen LogP contribution is -2.39. The van der Waals surface area contributed by atoms with Crippen molar-refractivity contribution in [3.05, 3.63) is 39.9 Å². The third-order valence-electron chi connectivity index (χ3n) is 4.77. The van der Waals surface area contributed by atoms with Gasteiger partial charge in [0.15, 0.2) is 0 Å². The van der Waals surface area contributed by atoms with Crippen molar-refractivity contribution in [2.75, 3.05) is 20.1 Å². The van der Waals surface area contributed by atoms with Crippen LogP contribution in [0.2, 0.25) is 0 Å². The molecule has 6 heteroatoms. The van der Waals surface area contributed by atoms with Crippen LogP contribution in [0.25, 0.3) is 0 Å². The third-order valence-corrected chi connectivity index (χ3v) is 4.77. The summed E-state index contributed by atoms with van der Waals surface area (Å²) in [5.41, 5.74) is 1.02. The van der Waals surface area contributed by atoms with E-state index in [1.165, 1.54) is 44.2 Å². The number of non-ortho nitro benzene ring substituents is 1. The van der Waals surface area contributed by atoms with E-state index in [-0.39, 0.29) is 11.6 Å². The molecule has 1 aromatic carbocycles. The minimum absolute atomic E-state index is 0.0328. The van der Waals surface area contributed by atoms with Gasteiger partial charge < -0.3 is 10.2 Å². The Morgan fingerprint density at radius 1 is 1.25 bits per heavy atom. The van der Waals surface area contributed by atoms with Gasteiger partial charge in [-0.15, -0.1) is 0 Å². The fourth-order valence-corrected chi connectivity index (χ4v) is 3.21. The van der Waals surface area contributed by atoms with Crippen LogP contribution in [0, 0.1) is 10.1 Å². The monoisotopic (exact) mass is 333 g/mol. The van der Waals surface area contributed by atoms with E-state index in [1.807, 2.05) is 0 Å². The van der Waals surface area contributed by atoms with Gasteiger partial charge in [-0.3, -0.25) is 14.9 Å². The Morgan fingerprint density at radius 3 is 2.54 bits per heavy atom. The maximum atomic E-state index is 11.9. The van der Waals surface area contributed by atoms with Crippen molar-refractivity contribution in [2.45, 2.75) is 51.0 Å². The van der Waals surface area contributed by atoms with Crippen molar-refractivity contribution in [1.82, 2.24) is 10.2 Å². The number of carbonyl (C=O) groups is 1. The summed E-state index contributed by atoms with van der Waals surface area (Å²) in [6.45, 7) is 1.56. The topological polar surface area (TPSA) is 75.5 Å². The number of rotatable bonds is 8. The van der Waals surface area contributed by atoms with Gasteiger partial charge in [0.1, 0.15) is 0 Å². The van der Waals surface area contributed by atoms with E-state index in [4.69, 9.17) is 0 Å². The molecule has 0 heterocycles. The van der Waals surface area contributed by atoms with Crippen molar-refractivity contribution in [2.24, 2.45) is 0 Å². The molecule has 2 rings (SSSR count). The minimum atomic E-state index is -0.417. The third kappa shape index (κ3) is 5.92. The average molecular weight is 333 g/mol. The first kappa shape index (κ1) is 18.4. The maximum Gasteiger partial charge on any atom is 0.269 e. The van der Waals surface area contributed by atoms with Gasteiger partial charge in [0.2, 0.25) is 5.91 Å². The van der Waals surface area contributed by atoms with Gasteiger partial charge in [-0.1, -0.05) is 31.4 Å². The quantitative estimate of drug-likeness (QED) is 0.586. The summed E-state index contributed by atoms with van der Waals surface area (Å²) >= 11 is 0. The molecule has 1 amide bonds. The highest BCUT2D eigenvalue weighted by molar-refractivity contribution is 5.76. The number of amides is 1. The molecule has 0 saturated heterocycles. The Labute approximate surface area is 143 Å². The molecular formula is C18H27N3O3. The lowest BCUT2D eigenvalue weighted by molar-refractivity contribution is -0.384. The van der Waals surface area contributed by atoms with Crippen LogP contribution in [-0.4, -0.2) is 41.9 Å². The molecule has 24 heavy (non-hydrogen) atoms. The molecule has 0 radical (unpaired) electrons. The van der Waals surface area contributed by atoms with E-state index < -0.39 is 4.92 Å². The first-order valence-electron chi connectivity index (χ1n) is 8.76. The summed E-state index contributed by atoms with van der Waals surface area (Å²) in [5.74, 6) is 0.0328. The molecule has 1 aliphatic carbocycles. The van der Waals surface area contributed by atoms with Gasteiger partial charge >= 0.3 is 0 Å². The lowest BCUT2D eigenvalue weighted by Gasteiger charge is -2.31. The molecule has 132 valence electrons. The molecule has 0 bridgehead atoms. The Kier molecular flexibility index (Phi) is 7.18. The summed E-state index contributed by atoms with van der Waals surface area (Å²) in [6, 6.07) is 7.04. The van der Waals surface area contributed by atoms with Crippen LogP contribution in [0.5, 0.6) is 0 Å². The fraction of sp³-hybridized carbons (Fsp3) is 0.611. The standard InChI is InChI=1S/C18H27N3O3/c1-20(16-5-3-2-4-6-16)14-13-19-18(22)12-9-15-7-10-17(11-8-15)21(23)24/h7-8,10-11,16H,2-6,9,12-14H2,1H3,(H,19,22). The van der Waals surface area contributed by atoms with Gasteiger partial charge in [-0.2, -0.15) is 0 Å². The Balaban J connectivity index is 1.63. The zero-order chi connectivity index (χ0) is 17.4. The number of nitro benzene ring substituents is 1. The van der Waals surface area contributed by atoms with Crippen molar-refractivity contribution in [3.63, 3.8) is 0 Å². The number of nitrogens with one attached hydrogen (secondary N) is 1. The highest BCUT2D eigenvalue weighted by Gasteiger charge is 2.17. The Hall–Kier alpha value is -1.95. The molecule has 0 aromatic heterocycles. The number of likely N-dealkylation sites (N-methyl/N-ethyl adjacent to an activating group) is 1. The number of aryl methyl sites for hydroxylation is 1. The molecule has 0 atom stereocenters. The highest BCUT2D eigenvalue weighted by Crippen LogP contribution is 2.21. The second-order valence-corrected chi connectivity index (χ2v) is 6.55. The molecule has 0 aliphatic heterocycles. The SMILES string of the molecule is CN(CCNC(=O)CCc1ccc([N+](=O)[O-])cc1)C1CCCCC1. The first-order chi connectivity index (χ1) is 11.6. The minimum Gasteiger partial charge on any atom is -0.355 e. The Bertz CT molecular complexity index is 539. The molecule has 1 saturated carbocycles. The van der Waals surface area contributed by atoms with Crippen LogP contribution in [0.4, 0.5) is 5.69 Å². The molecule has 1 aliphatic rings. The van der Waals surface area contributed by atoms with Crippen molar-refractivity contribution in [3.8, 4) is 0 Å². The lowest BCUT2D eigenvalue weighted by atomic mass is 9.94. The fourth-order valence-electron chi connectivity index (χ4n) is 3.21. The van der Waals surface area contributed by atoms with Gasteiger partial charge in [-0.05, 0) is 31.9 Å². The summed E-state index contributed by atoms with van der Waals surface area (Å²) in [5, 5.41) is 13.6. The van der Waals surface area contributed by atoms with Crippen molar-refractivity contribution in [1.29, 1.82) is 0 Å². The summed E-state index contributed by atoms with van der Waals surface area (Å²) < 4.78 is 0. The number of hydrogen-bond donors (Lipinski definition) is 1. The first-order valence-corrected chi connectivity index (χ1v) is 8.76. The predicted octanol–water partition coefficient (Wildman–Crippen LogP) is 2.91. The second kappa shape index (κ2) is 9.37. The van der Waals surface area contributed by atoms with E-state index in [0.717, 1.165) is 12.1 Å². The molecular weight excluding hydrogens is 306 g/mol. The highest BCUT2D eigenvalue weighted by atomic mass is 16.6. The summed E-state index contributed by atoms with van der Waals surface area (Å²) in [6.07, 6.45) is 7.53. The van der Waals surface area contributed by atoms with Crippen LogP contribution < -0.4 is 5.32 Å². The molecule has 0 unspecified atom stereocenters. The van der Waals surface area contributed by atoms with Gasteiger partial charge in [-0.25, -0.2) is 0 Å². The Morgan fingerprint density at radius 2 is 1.92 bits per heavy atom. The van der Waals surface area contributed by atoms with Gasteiger partial charge in [0.25, 0.3) is 5.69 Å². The molecule has 0 spiro atoms. The zero-order valence-electron chi connectivity index (χ0n) is 14.4. The molecule has 1 N–H and O–H groups in total. The molecule has 1 aromatic rings. The molecule has 1 fully saturated rings. The zero-order valence-corrected chi connectivity index (χ0v) is 14.4. The average Bonchev–Trinajstić information content (AvgIpc) is 2.61. The van der Waals surface area contributed by atoms with Gasteiger partial charge in [0, 0.05) is 37.7 Å². The summed E-state index contributed by atoms with van der Waals surface area (Å²) in [4.78, 5) is 24.5. The van der Waals surface area contributed by atoms with Gasteiger partial charge in [0.05, 0.1) is 4.92 Å². The van der Waals surface area contributed by atoms with Crippen LogP contribution in [-0.2, 0) is 11.2 Å². The number of nitro groups is 1. The van der Waals surface area contributed by atoms with E-state index >= 15 is 0 Å². The number of nitrogens with zero attached hydrogens (tertiary/aromatic N) is 2. The smallest absolute Gasteiger partial charge is 0.269 e. The van der Waals surface area contributed by atoms with E-state index in [2.05, 4.69) is 17.3 Å².